The molecule has 2 aromatic rings. The molecular formula is C34H59N3O9S3. The standard InChI is InChI=1S/C10H8O9S3.3C8H18N/c11-20(12,13)7-1-2-9-6(3-7)4-8(21(14,15)16)5-10(9)22(17,18)19;3*1-3-6-9(2)7-4-5-8-9/h1-5H,(H,11,12,13)(H,14,15,16)(H,17,18,19);3*3-8H2,1-2H3/q;3*+1/p-3. The van der Waals surface area contributed by atoms with E-state index < -0.39 is 45.0 Å². The van der Waals surface area contributed by atoms with Gasteiger partial charge in [0.05, 0.1) is 94.7 Å². The topological polar surface area (TPSA) is 172 Å². The molecule has 3 heterocycles. The van der Waals surface area contributed by atoms with Crippen LogP contribution in [0, 0.1) is 0 Å². The Morgan fingerprint density at radius 1 is 0.510 bits per heavy atom. The van der Waals surface area contributed by atoms with Crippen LogP contribution in [0.1, 0.15) is 78.6 Å². The molecule has 0 bridgehead atoms. The molecule has 0 amide bonds. The summed E-state index contributed by atoms with van der Waals surface area (Å²) in [6, 6.07) is 3.39. The smallest absolute Gasteiger partial charge is 0.125 e. The minimum Gasteiger partial charge on any atom is -0.744 e. The lowest BCUT2D eigenvalue weighted by molar-refractivity contribution is -0.897. The molecule has 0 spiro atoms. The molecule has 3 fully saturated rings. The molecule has 49 heavy (non-hydrogen) atoms. The van der Waals surface area contributed by atoms with Gasteiger partial charge in [-0.15, -0.1) is 0 Å². The fourth-order valence-corrected chi connectivity index (χ4v) is 9.22. The van der Waals surface area contributed by atoms with Crippen LogP contribution in [0.3, 0.4) is 0 Å². The molecule has 0 unspecified atom stereocenters. The van der Waals surface area contributed by atoms with Crippen molar-refractivity contribution in [1.29, 1.82) is 0 Å². The Kier molecular flexibility index (Phi) is 16.1. The van der Waals surface area contributed by atoms with Crippen LogP contribution in [0.4, 0.5) is 0 Å². The number of nitrogens with zero attached hydrogens (tertiary/aromatic N) is 3. The Bertz CT molecular complexity index is 1620. The number of quaternary nitrogens is 3. The third kappa shape index (κ3) is 14.1. The summed E-state index contributed by atoms with van der Waals surface area (Å²) in [4.78, 5) is -2.81. The largest absolute Gasteiger partial charge is 0.744 e. The molecule has 0 radical (unpaired) electrons. The highest BCUT2D eigenvalue weighted by molar-refractivity contribution is 7.86. The van der Waals surface area contributed by atoms with Crippen molar-refractivity contribution >= 4 is 41.1 Å². The van der Waals surface area contributed by atoms with Gasteiger partial charge in [-0.1, -0.05) is 26.8 Å². The highest BCUT2D eigenvalue weighted by Gasteiger charge is 2.26. The quantitative estimate of drug-likeness (QED) is 0.265. The first kappa shape index (κ1) is 43.5. The van der Waals surface area contributed by atoms with Crippen LogP contribution in [0.25, 0.3) is 10.8 Å². The average molecular weight is 750 g/mol. The second kappa shape index (κ2) is 18.2. The Hall–Kier alpha value is -1.69. The fourth-order valence-electron chi connectivity index (χ4n) is 7.38. The summed E-state index contributed by atoms with van der Waals surface area (Å²) >= 11 is 0. The molecule has 0 saturated carbocycles. The van der Waals surface area contributed by atoms with Crippen LogP contribution in [0.15, 0.2) is 45.0 Å². The van der Waals surface area contributed by atoms with Gasteiger partial charge in [0.1, 0.15) is 30.4 Å². The van der Waals surface area contributed by atoms with E-state index in [0.29, 0.717) is 18.2 Å². The molecule has 3 saturated heterocycles. The van der Waals surface area contributed by atoms with Gasteiger partial charge in [0, 0.05) is 38.5 Å². The van der Waals surface area contributed by atoms with Gasteiger partial charge >= 0.3 is 0 Å². The van der Waals surface area contributed by atoms with Gasteiger partial charge in [-0.2, -0.15) is 0 Å². The number of hydrogen-bond acceptors (Lipinski definition) is 9. The van der Waals surface area contributed by atoms with E-state index in [4.69, 9.17) is 0 Å². The fraction of sp³-hybridized carbons (Fsp3) is 0.706. The first-order valence-corrected chi connectivity index (χ1v) is 21.8. The van der Waals surface area contributed by atoms with Gasteiger partial charge in [-0.25, -0.2) is 25.3 Å². The van der Waals surface area contributed by atoms with Crippen molar-refractivity contribution in [3.8, 4) is 0 Å². The summed E-state index contributed by atoms with van der Waals surface area (Å²) < 4.78 is 103. The number of fused-ring (bicyclic) bond motifs is 1. The minimum absolute atomic E-state index is 0.310. The molecule has 0 atom stereocenters. The molecule has 0 aromatic heterocycles. The van der Waals surface area contributed by atoms with E-state index in [1.807, 2.05) is 0 Å². The summed E-state index contributed by atoms with van der Waals surface area (Å²) in [7, 11) is -7.99. The molecular weight excluding hydrogens is 691 g/mol. The van der Waals surface area contributed by atoms with Gasteiger partial charge in [0.2, 0.25) is 0 Å². The highest BCUT2D eigenvalue weighted by atomic mass is 32.2. The van der Waals surface area contributed by atoms with Crippen LogP contribution >= 0.6 is 0 Å². The molecule has 5 rings (SSSR count). The van der Waals surface area contributed by atoms with E-state index in [9.17, 15) is 38.9 Å². The maximum Gasteiger partial charge on any atom is 0.125 e. The van der Waals surface area contributed by atoms with Gasteiger partial charge < -0.3 is 27.1 Å². The van der Waals surface area contributed by atoms with E-state index in [1.54, 1.807) is 0 Å². The second-order valence-corrected chi connectivity index (χ2v) is 18.8. The Morgan fingerprint density at radius 2 is 0.837 bits per heavy atom. The van der Waals surface area contributed by atoms with Crippen molar-refractivity contribution in [2.45, 2.75) is 93.2 Å². The summed E-state index contributed by atoms with van der Waals surface area (Å²) in [5, 5.41) is -0.668. The van der Waals surface area contributed by atoms with Crippen molar-refractivity contribution in [1.82, 2.24) is 0 Å². The highest BCUT2D eigenvalue weighted by Crippen LogP contribution is 2.29. The Balaban J connectivity index is 0.000000254. The second-order valence-electron chi connectivity index (χ2n) is 14.7. The van der Waals surface area contributed by atoms with Crippen LogP contribution in [0.2, 0.25) is 0 Å². The van der Waals surface area contributed by atoms with Crippen LogP contribution in [-0.4, -0.2) is 132 Å². The minimum atomic E-state index is -5.14. The molecule has 0 N–H and O–H groups in total. The molecule has 3 aliphatic rings. The van der Waals surface area contributed by atoms with Crippen molar-refractivity contribution in [3.63, 3.8) is 0 Å². The summed E-state index contributed by atoms with van der Waals surface area (Å²) in [6.07, 6.45) is 12.8. The number of benzene rings is 2. The summed E-state index contributed by atoms with van der Waals surface area (Å²) in [5.41, 5.74) is 0. The molecule has 282 valence electrons. The van der Waals surface area contributed by atoms with E-state index in [0.717, 1.165) is 12.1 Å². The van der Waals surface area contributed by atoms with Crippen molar-refractivity contribution in [2.75, 3.05) is 80.0 Å². The normalized spacial score (nSPS) is 19.6. The average Bonchev–Trinajstić information content (AvgIpc) is 3.74. The lowest BCUT2D eigenvalue weighted by Gasteiger charge is -2.28. The van der Waals surface area contributed by atoms with Crippen molar-refractivity contribution in [2.24, 2.45) is 0 Å². The number of rotatable bonds is 9. The van der Waals surface area contributed by atoms with Gasteiger partial charge in [0.25, 0.3) is 0 Å². The zero-order valence-electron chi connectivity index (χ0n) is 30.4. The molecule has 3 aliphatic heterocycles. The Morgan fingerprint density at radius 3 is 1.12 bits per heavy atom. The number of hydrogen-bond donors (Lipinski definition) is 0. The van der Waals surface area contributed by atoms with E-state index in [2.05, 4.69) is 41.9 Å². The molecule has 2 aromatic carbocycles. The SMILES string of the molecule is CCC[N+]1(C)CCCC1.CCC[N+]1(C)CCCC1.CCC[N+]1(C)CCCC1.O=S(=O)([O-])c1ccc2c(S(=O)(=O)[O-])cc(S(=O)(=O)[O-])cc2c1. The molecule has 0 aliphatic carbocycles. The van der Waals surface area contributed by atoms with E-state index in [-0.39, 0.29) is 10.8 Å². The number of likely N-dealkylation sites (tertiary alicyclic amines) is 3. The first-order valence-electron chi connectivity index (χ1n) is 17.6. The van der Waals surface area contributed by atoms with Crippen molar-refractivity contribution in [3.05, 3.63) is 30.3 Å². The molecule has 12 nitrogen and oxygen atoms in total. The predicted molar refractivity (Wildman–Crippen MR) is 189 cm³/mol. The molecule has 15 heteroatoms. The predicted octanol–water partition coefficient (Wildman–Crippen LogP) is 4.46. The lowest BCUT2D eigenvalue weighted by Crippen LogP contribution is -2.41. The van der Waals surface area contributed by atoms with E-state index in [1.165, 1.54) is 130 Å². The first-order chi connectivity index (χ1) is 22.6. The van der Waals surface area contributed by atoms with Crippen LogP contribution in [-0.2, 0) is 30.4 Å². The maximum atomic E-state index is 11.2. The van der Waals surface area contributed by atoms with Gasteiger partial charge in [0.15, 0.2) is 0 Å². The van der Waals surface area contributed by atoms with Crippen molar-refractivity contribution < 1.29 is 52.4 Å². The van der Waals surface area contributed by atoms with Crippen LogP contribution in [0.5, 0.6) is 0 Å². The van der Waals surface area contributed by atoms with Gasteiger partial charge in [-0.05, 0) is 54.3 Å². The third-order valence-corrected chi connectivity index (χ3v) is 12.5. The zero-order valence-corrected chi connectivity index (χ0v) is 32.8. The summed E-state index contributed by atoms with van der Waals surface area (Å²) in [6.45, 7) is 19.6. The lowest BCUT2D eigenvalue weighted by atomic mass is 10.1. The van der Waals surface area contributed by atoms with Gasteiger partial charge in [-0.3, -0.25) is 0 Å². The maximum absolute atomic E-state index is 11.2. The Labute approximate surface area is 296 Å². The third-order valence-electron chi connectivity index (χ3n) is 9.93. The summed E-state index contributed by atoms with van der Waals surface area (Å²) in [5.74, 6) is 0. The van der Waals surface area contributed by atoms with Crippen LogP contribution < -0.4 is 0 Å². The monoisotopic (exact) mass is 749 g/mol. The zero-order chi connectivity index (χ0) is 37.2. The van der Waals surface area contributed by atoms with E-state index >= 15 is 0 Å².